The Balaban J connectivity index is 1.88. The molecule has 1 aliphatic rings. The molecule has 2 aromatic rings. The van der Waals surface area contributed by atoms with E-state index in [1.54, 1.807) is 0 Å². The lowest BCUT2D eigenvalue weighted by Crippen LogP contribution is -2.35. The van der Waals surface area contributed by atoms with Crippen LogP contribution in [0.25, 0.3) is 11.1 Å². The minimum Gasteiger partial charge on any atom is -0.319 e. The van der Waals surface area contributed by atoms with Crippen molar-refractivity contribution in [2.45, 2.75) is 31.2 Å². The van der Waals surface area contributed by atoms with Gasteiger partial charge in [-0.3, -0.25) is 0 Å². The highest BCUT2D eigenvalue weighted by atomic mass is 35.5. The molecule has 2 N–H and O–H groups in total. The van der Waals surface area contributed by atoms with Gasteiger partial charge in [-0.05, 0) is 30.5 Å². The molecule has 0 bridgehead atoms. The second-order valence-corrected chi connectivity index (χ2v) is 5.60. The fourth-order valence-electron chi connectivity index (χ4n) is 2.61. The van der Waals surface area contributed by atoms with Crippen LogP contribution in [0.4, 0.5) is 0 Å². The molecule has 1 fully saturated rings. The summed E-state index contributed by atoms with van der Waals surface area (Å²) in [6.45, 7) is 0. The molecule has 0 atom stereocenters. The molecule has 19 heavy (non-hydrogen) atoms. The summed E-state index contributed by atoms with van der Waals surface area (Å²) in [6, 6.07) is 7.67. The summed E-state index contributed by atoms with van der Waals surface area (Å²) in [6.07, 6.45) is 7.98. The smallest absolute Gasteiger partial charge is 0.148 e. The van der Waals surface area contributed by atoms with Crippen molar-refractivity contribution >= 4 is 11.6 Å². The molecule has 0 amide bonds. The van der Waals surface area contributed by atoms with Gasteiger partial charge in [0.15, 0.2) is 0 Å². The monoisotopic (exact) mass is 273 g/mol. The molecule has 3 rings (SSSR count). The topological polar surface area (TPSA) is 51.8 Å². The van der Waals surface area contributed by atoms with Gasteiger partial charge in [-0.15, -0.1) is 0 Å². The Kier molecular flexibility index (Phi) is 3.25. The second kappa shape index (κ2) is 4.91. The Morgan fingerprint density at radius 2 is 1.53 bits per heavy atom. The number of rotatable bonds is 2. The maximum Gasteiger partial charge on any atom is 0.148 e. The van der Waals surface area contributed by atoms with Gasteiger partial charge in [0.1, 0.15) is 5.82 Å². The molecule has 1 heterocycles. The van der Waals surface area contributed by atoms with Gasteiger partial charge >= 0.3 is 0 Å². The molecule has 0 spiro atoms. The molecule has 1 aromatic carbocycles. The summed E-state index contributed by atoms with van der Waals surface area (Å²) < 4.78 is 0. The molecule has 0 radical (unpaired) electrons. The Morgan fingerprint density at radius 3 is 2.11 bits per heavy atom. The van der Waals surface area contributed by atoms with Crippen LogP contribution in [0.3, 0.4) is 0 Å². The molecule has 1 aromatic heterocycles. The highest BCUT2D eigenvalue weighted by Gasteiger charge is 2.33. The van der Waals surface area contributed by atoms with E-state index < -0.39 is 0 Å². The van der Waals surface area contributed by atoms with Gasteiger partial charge < -0.3 is 5.73 Å². The highest BCUT2D eigenvalue weighted by Crippen LogP contribution is 2.34. The third-order valence-electron chi connectivity index (χ3n) is 3.77. The maximum atomic E-state index is 6.35. The average Bonchev–Trinajstić information content (AvgIpc) is 2.88. The summed E-state index contributed by atoms with van der Waals surface area (Å²) >= 11 is 5.88. The third-order valence-corrected chi connectivity index (χ3v) is 4.02. The van der Waals surface area contributed by atoms with Gasteiger partial charge in [0.05, 0.1) is 5.54 Å². The summed E-state index contributed by atoms with van der Waals surface area (Å²) in [5.41, 5.74) is 8.08. The van der Waals surface area contributed by atoms with E-state index in [1.807, 2.05) is 36.7 Å². The van der Waals surface area contributed by atoms with Crippen LogP contribution in [-0.4, -0.2) is 9.97 Å². The molecule has 4 heteroatoms. The van der Waals surface area contributed by atoms with E-state index in [0.717, 1.165) is 34.8 Å². The molecule has 1 saturated carbocycles. The second-order valence-electron chi connectivity index (χ2n) is 5.17. The number of benzene rings is 1. The quantitative estimate of drug-likeness (QED) is 0.911. The van der Waals surface area contributed by atoms with Crippen molar-refractivity contribution in [3.05, 3.63) is 47.5 Å². The largest absolute Gasteiger partial charge is 0.319 e. The first-order valence-corrected chi connectivity index (χ1v) is 6.93. The number of aromatic nitrogens is 2. The number of hydrogen-bond donors (Lipinski definition) is 1. The lowest BCUT2D eigenvalue weighted by atomic mass is 9.98. The van der Waals surface area contributed by atoms with Crippen molar-refractivity contribution in [1.29, 1.82) is 0 Å². The van der Waals surface area contributed by atoms with Crippen LogP contribution in [0.15, 0.2) is 36.7 Å². The normalized spacial score (nSPS) is 17.6. The molecule has 0 saturated heterocycles. The zero-order chi connectivity index (χ0) is 13.3. The highest BCUT2D eigenvalue weighted by molar-refractivity contribution is 6.30. The lowest BCUT2D eigenvalue weighted by molar-refractivity contribution is 0.431. The van der Waals surface area contributed by atoms with Crippen molar-refractivity contribution in [1.82, 2.24) is 9.97 Å². The van der Waals surface area contributed by atoms with Crippen molar-refractivity contribution in [3.8, 4) is 11.1 Å². The zero-order valence-electron chi connectivity index (χ0n) is 10.6. The van der Waals surface area contributed by atoms with Gasteiger partial charge in [-0.2, -0.15) is 0 Å². The molecule has 98 valence electrons. The fourth-order valence-corrected chi connectivity index (χ4v) is 2.73. The minimum atomic E-state index is -0.321. The third kappa shape index (κ3) is 2.48. The van der Waals surface area contributed by atoms with Gasteiger partial charge in [-0.25, -0.2) is 9.97 Å². The van der Waals surface area contributed by atoms with Crippen LogP contribution < -0.4 is 5.73 Å². The number of nitrogens with zero attached hydrogens (tertiary/aromatic N) is 2. The van der Waals surface area contributed by atoms with Crippen LogP contribution >= 0.6 is 11.6 Å². The van der Waals surface area contributed by atoms with E-state index in [4.69, 9.17) is 17.3 Å². The Morgan fingerprint density at radius 1 is 0.947 bits per heavy atom. The van der Waals surface area contributed by atoms with E-state index in [2.05, 4.69) is 9.97 Å². The first-order valence-electron chi connectivity index (χ1n) is 6.55. The maximum absolute atomic E-state index is 6.35. The standard InChI is InChI=1S/C15H16ClN3/c16-13-5-3-11(4-6-13)12-9-18-14(19-10-12)15(17)7-1-2-8-15/h3-6,9-10H,1-2,7-8,17H2. The molecule has 0 aliphatic heterocycles. The molecule has 0 unspecified atom stereocenters. The molecular formula is C15H16ClN3. The van der Waals surface area contributed by atoms with Crippen molar-refractivity contribution < 1.29 is 0 Å². The van der Waals surface area contributed by atoms with E-state index >= 15 is 0 Å². The van der Waals surface area contributed by atoms with E-state index in [-0.39, 0.29) is 5.54 Å². The van der Waals surface area contributed by atoms with Crippen LogP contribution in [0.1, 0.15) is 31.5 Å². The number of nitrogens with two attached hydrogens (primary N) is 1. The van der Waals surface area contributed by atoms with Gasteiger partial charge in [0, 0.05) is 23.0 Å². The predicted octanol–water partition coefficient (Wildman–Crippen LogP) is 3.53. The number of halogens is 1. The van der Waals surface area contributed by atoms with Crippen molar-refractivity contribution in [3.63, 3.8) is 0 Å². The summed E-state index contributed by atoms with van der Waals surface area (Å²) in [4.78, 5) is 8.92. The summed E-state index contributed by atoms with van der Waals surface area (Å²) in [5.74, 6) is 0.766. The lowest BCUT2D eigenvalue weighted by Gasteiger charge is -2.21. The molecule has 1 aliphatic carbocycles. The first kappa shape index (κ1) is 12.6. The average molecular weight is 274 g/mol. The minimum absolute atomic E-state index is 0.321. The van der Waals surface area contributed by atoms with Crippen molar-refractivity contribution in [2.75, 3.05) is 0 Å². The summed E-state index contributed by atoms with van der Waals surface area (Å²) in [5, 5.41) is 0.730. The van der Waals surface area contributed by atoms with Gasteiger partial charge in [-0.1, -0.05) is 36.6 Å². The summed E-state index contributed by atoms with van der Waals surface area (Å²) in [7, 11) is 0. The van der Waals surface area contributed by atoms with E-state index in [1.165, 1.54) is 12.8 Å². The molecular weight excluding hydrogens is 258 g/mol. The number of hydrogen-bond acceptors (Lipinski definition) is 3. The van der Waals surface area contributed by atoms with Crippen LogP contribution in [0.2, 0.25) is 5.02 Å². The Hall–Kier alpha value is -1.45. The Bertz CT molecular complexity index is 557. The van der Waals surface area contributed by atoms with E-state index in [0.29, 0.717) is 0 Å². The van der Waals surface area contributed by atoms with Gasteiger partial charge in [0.2, 0.25) is 0 Å². The molecule has 3 nitrogen and oxygen atoms in total. The van der Waals surface area contributed by atoms with Crippen molar-refractivity contribution in [2.24, 2.45) is 5.73 Å². The fraction of sp³-hybridized carbons (Fsp3) is 0.333. The van der Waals surface area contributed by atoms with E-state index in [9.17, 15) is 0 Å². The SMILES string of the molecule is NC1(c2ncc(-c3ccc(Cl)cc3)cn2)CCCC1. The van der Waals surface area contributed by atoms with Gasteiger partial charge in [0.25, 0.3) is 0 Å². The van der Waals surface area contributed by atoms with Crippen LogP contribution in [0, 0.1) is 0 Å². The first-order chi connectivity index (χ1) is 9.17. The van der Waals surface area contributed by atoms with Crippen LogP contribution in [-0.2, 0) is 5.54 Å². The Labute approximate surface area is 117 Å². The zero-order valence-corrected chi connectivity index (χ0v) is 11.4. The van der Waals surface area contributed by atoms with Crippen LogP contribution in [0.5, 0.6) is 0 Å². The predicted molar refractivity (Wildman–Crippen MR) is 76.8 cm³/mol.